The van der Waals surface area contributed by atoms with Crippen LogP contribution in [-0.4, -0.2) is 29.6 Å². The van der Waals surface area contributed by atoms with Gasteiger partial charge in [0.2, 0.25) is 0 Å². The molecule has 3 rings (SSSR count). The fourth-order valence-electron chi connectivity index (χ4n) is 3.81. The lowest BCUT2D eigenvalue weighted by Gasteiger charge is -2.48. The van der Waals surface area contributed by atoms with Crippen molar-refractivity contribution >= 4 is 0 Å². The summed E-state index contributed by atoms with van der Waals surface area (Å²) in [7, 11) is 0. The molecule has 1 heterocycles. The van der Waals surface area contributed by atoms with Gasteiger partial charge in [0.25, 0.3) is 0 Å². The summed E-state index contributed by atoms with van der Waals surface area (Å²) in [5, 5.41) is 3.72. The monoisotopic (exact) mass is 276 g/mol. The highest BCUT2D eigenvalue weighted by atomic mass is 19.1. The molecule has 1 aliphatic heterocycles. The van der Waals surface area contributed by atoms with Gasteiger partial charge in [-0.25, -0.2) is 4.39 Å². The summed E-state index contributed by atoms with van der Waals surface area (Å²) in [6, 6.07) is 7.62. The van der Waals surface area contributed by atoms with Gasteiger partial charge in [0.1, 0.15) is 5.82 Å². The molecule has 0 radical (unpaired) electrons. The van der Waals surface area contributed by atoms with Crippen LogP contribution in [0.4, 0.5) is 4.39 Å². The third kappa shape index (κ3) is 2.75. The van der Waals surface area contributed by atoms with Gasteiger partial charge in [-0.15, -0.1) is 0 Å². The number of piperazine rings is 1. The van der Waals surface area contributed by atoms with Gasteiger partial charge in [-0.05, 0) is 37.0 Å². The van der Waals surface area contributed by atoms with Crippen LogP contribution in [0, 0.1) is 5.82 Å². The Balaban J connectivity index is 1.77. The Morgan fingerprint density at radius 1 is 1.25 bits per heavy atom. The molecule has 1 atom stereocenters. The average molecular weight is 276 g/mol. The highest BCUT2D eigenvalue weighted by Crippen LogP contribution is 2.38. The number of hydrogen-bond donors (Lipinski definition) is 1. The van der Waals surface area contributed by atoms with E-state index in [-0.39, 0.29) is 5.82 Å². The lowest BCUT2D eigenvalue weighted by atomic mass is 9.90. The average Bonchev–Trinajstić information content (AvgIpc) is 2.93. The van der Waals surface area contributed by atoms with Crippen LogP contribution >= 0.6 is 0 Å². The largest absolute Gasteiger partial charge is 0.311 e. The normalized spacial score (nSPS) is 26.2. The zero-order chi connectivity index (χ0) is 14.0. The van der Waals surface area contributed by atoms with Gasteiger partial charge in [-0.3, -0.25) is 4.90 Å². The second-order valence-corrected chi connectivity index (χ2v) is 6.42. The van der Waals surface area contributed by atoms with Crippen molar-refractivity contribution in [2.45, 2.75) is 57.2 Å². The number of nitrogens with one attached hydrogen (secondary N) is 1. The predicted octanol–water partition coefficient (Wildman–Crippen LogP) is 3.32. The van der Waals surface area contributed by atoms with Crippen molar-refractivity contribution in [2.75, 3.05) is 13.1 Å². The second kappa shape index (κ2) is 5.82. The summed E-state index contributed by atoms with van der Waals surface area (Å²) in [6.45, 7) is 5.44. The van der Waals surface area contributed by atoms with Gasteiger partial charge < -0.3 is 5.32 Å². The molecule has 0 bridgehead atoms. The van der Waals surface area contributed by atoms with Crippen LogP contribution in [0.15, 0.2) is 24.3 Å². The molecule has 0 aromatic heterocycles. The zero-order valence-corrected chi connectivity index (χ0v) is 12.4. The molecule has 1 spiro atoms. The maximum Gasteiger partial charge on any atom is 0.123 e. The van der Waals surface area contributed by atoms with E-state index in [4.69, 9.17) is 0 Å². The second-order valence-electron chi connectivity index (χ2n) is 6.42. The van der Waals surface area contributed by atoms with Crippen molar-refractivity contribution in [2.24, 2.45) is 0 Å². The molecular weight excluding hydrogens is 251 g/mol. The quantitative estimate of drug-likeness (QED) is 0.911. The predicted molar refractivity (Wildman–Crippen MR) is 80.1 cm³/mol. The lowest BCUT2D eigenvalue weighted by molar-refractivity contribution is 0.0349. The standard InChI is InChI=1S/C17H25FN2/c1-2-16-12-20(11-14-5-7-15(18)8-6-14)17(13-19-16)9-3-4-10-17/h5-8,16,19H,2-4,9-13H2,1H3. The fraction of sp³-hybridized carbons (Fsp3) is 0.647. The lowest BCUT2D eigenvalue weighted by Crippen LogP contribution is -2.62. The summed E-state index contributed by atoms with van der Waals surface area (Å²) in [5.41, 5.74) is 1.58. The van der Waals surface area contributed by atoms with Crippen molar-refractivity contribution in [1.82, 2.24) is 10.2 Å². The van der Waals surface area contributed by atoms with Gasteiger partial charge in [-0.1, -0.05) is 31.9 Å². The first kappa shape index (κ1) is 14.0. The maximum atomic E-state index is 13.1. The van der Waals surface area contributed by atoms with Gasteiger partial charge in [0.05, 0.1) is 0 Å². The van der Waals surface area contributed by atoms with E-state index in [1.54, 1.807) is 12.1 Å². The summed E-state index contributed by atoms with van der Waals surface area (Å²) in [4.78, 5) is 2.66. The first-order valence-corrected chi connectivity index (χ1v) is 7.95. The molecule has 1 saturated carbocycles. The molecule has 3 heteroatoms. The Morgan fingerprint density at radius 3 is 2.60 bits per heavy atom. The Labute approximate surface area is 121 Å². The smallest absolute Gasteiger partial charge is 0.123 e. The molecule has 1 saturated heterocycles. The fourth-order valence-corrected chi connectivity index (χ4v) is 3.81. The Morgan fingerprint density at radius 2 is 1.95 bits per heavy atom. The van der Waals surface area contributed by atoms with Crippen LogP contribution in [0.1, 0.15) is 44.6 Å². The van der Waals surface area contributed by atoms with E-state index in [0.717, 1.165) is 19.6 Å². The van der Waals surface area contributed by atoms with Gasteiger partial charge in [0, 0.05) is 31.2 Å². The maximum absolute atomic E-state index is 13.1. The molecule has 1 unspecified atom stereocenters. The van der Waals surface area contributed by atoms with Crippen LogP contribution in [0.2, 0.25) is 0 Å². The van der Waals surface area contributed by atoms with E-state index in [2.05, 4.69) is 17.1 Å². The van der Waals surface area contributed by atoms with Crippen LogP contribution in [0.5, 0.6) is 0 Å². The van der Waals surface area contributed by atoms with Gasteiger partial charge in [0.15, 0.2) is 0 Å². The highest BCUT2D eigenvalue weighted by molar-refractivity contribution is 5.17. The number of rotatable bonds is 3. The Bertz CT molecular complexity index is 437. The first-order valence-electron chi connectivity index (χ1n) is 7.95. The summed E-state index contributed by atoms with van der Waals surface area (Å²) < 4.78 is 13.1. The third-order valence-corrected chi connectivity index (χ3v) is 5.15. The summed E-state index contributed by atoms with van der Waals surface area (Å²) in [5.74, 6) is -0.143. The third-order valence-electron chi connectivity index (χ3n) is 5.15. The van der Waals surface area contributed by atoms with E-state index < -0.39 is 0 Å². The number of nitrogens with zero attached hydrogens (tertiary/aromatic N) is 1. The first-order chi connectivity index (χ1) is 9.72. The molecule has 110 valence electrons. The van der Waals surface area contributed by atoms with Crippen LogP contribution in [-0.2, 0) is 6.54 Å². The van der Waals surface area contributed by atoms with E-state index in [1.165, 1.54) is 37.7 Å². The molecule has 1 aliphatic carbocycles. The minimum absolute atomic E-state index is 0.143. The molecule has 2 aliphatic rings. The van der Waals surface area contributed by atoms with Crippen molar-refractivity contribution in [3.8, 4) is 0 Å². The minimum Gasteiger partial charge on any atom is -0.311 e. The topological polar surface area (TPSA) is 15.3 Å². The summed E-state index contributed by atoms with van der Waals surface area (Å²) in [6.07, 6.45) is 6.47. The van der Waals surface area contributed by atoms with Crippen LogP contribution in [0.3, 0.4) is 0 Å². The van der Waals surface area contributed by atoms with E-state index in [0.29, 0.717) is 11.6 Å². The van der Waals surface area contributed by atoms with Crippen LogP contribution < -0.4 is 5.32 Å². The molecule has 1 aromatic carbocycles. The molecule has 0 amide bonds. The molecule has 1 N–H and O–H groups in total. The van der Waals surface area contributed by atoms with Crippen molar-refractivity contribution in [3.05, 3.63) is 35.6 Å². The van der Waals surface area contributed by atoms with E-state index >= 15 is 0 Å². The SMILES string of the molecule is CCC1CN(Cc2ccc(F)cc2)C2(CCCC2)CN1. The number of hydrogen-bond acceptors (Lipinski definition) is 2. The Hall–Kier alpha value is -0.930. The molecule has 1 aromatic rings. The van der Waals surface area contributed by atoms with E-state index in [9.17, 15) is 4.39 Å². The van der Waals surface area contributed by atoms with Gasteiger partial charge in [-0.2, -0.15) is 0 Å². The molecular formula is C17H25FN2. The summed E-state index contributed by atoms with van der Waals surface area (Å²) >= 11 is 0. The van der Waals surface area contributed by atoms with Crippen molar-refractivity contribution in [1.29, 1.82) is 0 Å². The van der Waals surface area contributed by atoms with Crippen molar-refractivity contribution < 1.29 is 4.39 Å². The zero-order valence-electron chi connectivity index (χ0n) is 12.4. The molecule has 2 fully saturated rings. The number of benzene rings is 1. The van der Waals surface area contributed by atoms with E-state index in [1.807, 2.05) is 12.1 Å². The van der Waals surface area contributed by atoms with Crippen LogP contribution in [0.25, 0.3) is 0 Å². The molecule has 2 nitrogen and oxygen atoms in total. The molecule has 20 heavy (non-hydrogen) atoms. The highest BCUT2D eigenvalue weighted by Gasteiger charge is 2.42. The van der Waals surface area contributed by atoms with Gasteiger partial charge >= 0.3 is 0 Å². The Kier molecular flexibility index (Phi) is 4.08. The minimum atomic E-state index is -0.143. The number of halogens is 1. The van der Waals surface area contributed by atoms with Crippen molar-refractivity contribution in [3.63, 3.8) is 0 Å².